The van der Waals surface area contributed by atoms with Gasteiger partial charge >= 0.3 is 0 Å². The number of halogens is 1. The largest absolute Gasteiger partial charge is 0.504 e. The molecule has 1 saturated carbocycles. The molecule has 18 heavy (non-hydrogen) atoms. The highest BCUT2D eigenvalue weighted by Gasteiger charge is 2.51. The van der Waals surface area contributed by atoms with E-state index in [1.807, 2.05) is 6.92 Å². The van der Waals surface area contributed by atoms with Gasteiger partial charge in [0.25, 0.3) is 0 Å². The Morgan fingerprint density at radius 2 is 1.89 bits per heavy atom. The number of rotatable bonds is 3. The second kappa shape index (κ2) is 4.12. The summed E-state index contributed by atoms with van der Waals surface area (Å²) < 4.78 is 19.3. The predicted octanol–water partition coefficient (Wildman–Crippen LogP) is 2.54. The Kier molecular flexibility index (Phi) is 3.01. The van der Waals surface area contributed by atoms with Crippen molar-refractivity contribution in [1.29, 1.82) is 0 Å². The number of hydrogen-bond donors (Lipinski definition) is 2. The summed E-state index contributed by atoms with van der Waals surface area (Å²) in [4.78, 5) is 0. The van der Waals surface area contributed by atoms with E-state index >= 15 is 0 Å². The van der Waals surface area contributed by atoms with Gasteiger partial charge in [-0.25, -0.2) is 4.39 Å². The van der Waals surface area contributed by atoms with E-state index in [2.05, 4.69) is 0 Å². The van der Waals surface area contributed by atoms with E-state index < -0.39 is 0 Å². The van der Waals surface area contributed by atoms with Crippen molar-refractivity contribution in [2.45, 2.75) is 45.1 Å². The maximum Gasteiger partial charge on any atom is 0.166 e. The summed E-state index contributed by atoms with van der Waals surface area (Å²) in [6.07, 6.45) is 1.76. The minimum absolute atomic E-state index is 0.0451. The maximum absolute atomic E-state index is 14.2. The average Bonchev–Trinajstić information content (AvgIpc) is 3.09. The van der Waals surface area contributed by atoms with E-state index in [1.54, 1.807) is 13.8 Å². The standard InChI is InChI=1S/C14H20FNO2/c1-7-10(14(5-6-14)9(3)16)12(17)13(18-4)8(2)11(7)15/h9,17H,5-6,16H2,1-4H3. The van der Waals surface area contributed by atoms with Gasteiger partial charge in [-0.15, -0.1) is 0 Å². The van der Waals surface area contributed by atoms with E-state index in [9.17, 15) is 9.50 Å². The molecule has 0 amide bonds. The number of methoxy groups -OCH3 is 1. The summed E-state index contributed by atoms with van der Waals surface area (Å²) in [6, 6.07) is -0.117. The van der Waals surface area contributed by atoms with Crippen LogP contribution in [0.3, 0.4) is 0 Å². The van der Waals surface area contributed by atoms with Crippen LogP contribution < -0.4 is 10.5 Å². The minimum Gasteiger partial charge on any atom is -0.504 e. The Labute approximate surface area is 107 Å². The minimum atomic E-state index is -0.313. The number of benzene rings is 1. The number of nitrogens with two attached hydrogens (primary N) is 1. The molecule has 0 bridgehead atoms. The summed E-state index contributed by atoms with van der Waals surface area (Å²) in [5.74, 6) is -0.0460. The van der Waals surface area contributed by atoms with Gasteiger partial charge in [0.15, 0.2) is 11.5 Å². The first-order chi connectivity index (χ1) is 8.36. The van der Waals surface area contributed by atoms with Crippen molar-refractivity contribution in [2.24, 2.45) is 5.73 Å². The Hall–Kier alpha value is -1.29. The number of phenolic OH excluding ortho intramolecular Hbond substituents is 1. The molecule has 0 aromatic heterocycles. The normalized spacial score (nSPS) is 18.6. The molecule has 1 atom stereocenters. The van der Waals surface area contributed by atoms with Crippen LogP contribution in [0.15, 0.2) is 0 Å². The SMILES string of the molecule is COc1c(C)c(F)c(C)c(C2(C(C)N)CC2)c1O. The fourth-order valence-corrected chi connectivity index (χ4v) is 2.89. The first-order valence-corrected chi connectivity index (χ1v) is 6.18. The molecule has 3 nitrogen and oxygen atoms in total. The van der Waals surface area contributed by atoms with E-state index in [1.165, 1.54) is 7.11 Å². The average molecular weight is 253 g/mol. The van der Waals surface area contributed by atoms with Crippen LogP contribution in [0.25, 0.3) is 0 Å². The first kappa shape index (κ1) is 13.1. The summed E-state index contributed by atoms with van der Waals surface area (Å²) in [7, 11) is 1.44. The van der Waals surface area contributed by atoms with E-state index in [0.717, 1.165) is 12.8 Å². The van der Waals surface area contributed by atoms with Crippen LogP contribution in [0.5, 0.6) is 11.5 Å². The zero-order chi connectivity index (χ0) is 13.7. The third-order valence-corrected chi connectivity index (χ3v) is 4.19. The molecule has 100 valence electrons. The third-order valence-electron chi connectivity index (χ3n) is 4.19. The van der Waals surface area contributed by atoms with Gasteiger partial charge < -0.3 is 15.6 Å². The fourth-order valence-electron chi connectivity index (χ4n) is 2.89. The first-order valence-electron chi connectivity index (χ1n) is 6.18. The van der Waals surface area contributed by atoms with Gasteiger partial charge in [-0.1, -0.05) is 0 Å². The second-order valence-electron chi connectivity index (χ2n) is 5.27. The molecule has 0 heterocycles. The highest BCUT2D eigenvalue weighted by molar-refractivity contribution is 5.59. The monoisotopic (exact) mass is 253 g/mol. The van der Waals surface area contributed by atoms with Gasteiger partial charge in [-0.05, 0) is 39.2 Å². The van der Waals surface area contributed by atoms with Crippen molar-refractivity contribution < 1.29 is 14.2 Å². The second-order valence-corrected chi connectivity index (χ2v) is 5.27. The van der Waals surface area contributed by atoms with Gasteiger partial charge in [0.05, 0.1) is 7.11 Å². The van der Waals surface area contributed by atoms with Gasteiger partial charge in [0, 0.05) is 22.6 Å². The van der Waals surface area contributed by atoms with Crippen LogP contribution in [0.1, 0.15) is 36.5 Å². The van der Waals surface area contributed by atoms with Crippen LogP contribution in [0, 0.1) is 19.7 Å². The summed E-state index contributed by atoms with van der Waals surface area (Å²) in [5, 5.41) is 10.4. The molecule has 0 saturated heterocycles. The van der Waals surface area contributed by atoms with Crippen molar-refractivity contribution in [3.63, 3.8) is 0 Å². The smallest absolute Gasteiger partial charge is 0.166 e. The Morgan fingerprint density at radius 3 is 2.28 bits per heavy atom. The van der Waals surface area contributed by atoms with Crippen LogP contribution in [0.2, 0.25) is 0 Å². The zero-order valence-electron chi connectivity index (χ0n) is 11.3. The van der Waals surface area contributed by atoms with Crippen LogP contribution in [0.4, 0.5) is 4.39 Å². The Bertz CT molecular complexity index is 493. The number of hydrogen-bond acceptors (Lipinski definition) is 3. The molecule has 4 heteroatoms. The van der Waals surface area contributed by atoms with Crippen molar-refractivity contribution >= 4 is 0 Å². The number of phenols is 1. The van der Waals surface area contributed by atoms with Gasteiger partial charge in [0.1, 0.15) is 5.82 Å². The van der Waals surface area contributed by atoms with Gasteiger partial charge in [-0.2, -0.15) is 0 Å². The quantitative estimate of drug-likeness (QED) is 0.870. The molecule has 0 aliphatic heterocycles. The van der Waals surface area contributed by atoms with Gasteiger partial charge in [0.2, 0.25) is 0 Å². The maximum atomic E-state index is 14.2. The third kappa shape index (κ3) is 1.59. The van der Waals surface area contributed by atoms with Crippen molar-refractivity contribution in [3.8, 4) is 11.5 Å². The lowest BCUT2D eigenvalue weighted by atomic mass is 9.84. The molecule has 1 aliphatic rings. The molecule has 1 aromatic rings. The summed E-state index contributed by atoms with van der Waals surface area (Å²) in [6.45, 7) is 5.20. The molecule has 0 radical (unpaired) electrons. The lowest BCUT2D eigenvalue weighted by Gasteiger charge is -2.25. The van der Waals surface area contributed by atoms with Crippen LogP contribution in [-0.2, 0) is 5.41 Å². The molecule has 3 N–H and O–H groups in total. The molecule has 0 spiro atoms. The highest BCUT2D eigenvalue weighted by Crippen LogP contribution is 2.56. The summed E-state index contributed by atoms with van der Waals surface area (Å²) >= 11 is 0. The van der Waals surface area contributed by atoms with E-state index in [0.29, 0.717) is 16.7 Å². The molecule has 1 aromatic carbocycles. The van der Waals surface area contributed by atoms with Gasteiger partial charge in [-0.3, -0.25) is 0 Å². The highest BCUT2D eigenvalue weighted by atomic mass is 19.1. The number of ether oxygens (including phenoxy) is 1. The van der Waals surface area contributed by atoms with Crippen molar-refractivity contribution in [3.05, 3.63) is 22.5 Å². The molecular weight excluding hydrogens is 233 g/mol. The molecule has 1 fully saturated rings. The lowest BCUT2D eigenvalue weighted by Crippen LogP contribution is -2.32. The fraction of sp³-hybridized carbons (Fsp3) is 0.571. The Balaban J connectivity index is 2.72. The van der Waals surface area contributed by atoms with E-state index in [-0.39, 0.29) is 28.8 Å². The Morgan fingerprint density at radius 1 is 1.33 bits per heavy atom. The zero-order valence-corrected chi connectivity index (χ0v) is 11.3. The molecular formula is C14H20FNO2. The molecule has 2 rings (SSSR count). The van der Waals surface area contributed by atoms with Crippen molar-refractivity contribution in [2.75, 3.05) is 7.11 Å². The van der Waals surface area contributed by atoms with Crippen LogP contribution >= 0.6 is 0 Å². The van der Waals surface area contributed by atoms with Crippen LogP contribution in [-0.4, -0.2) is 18.3 Å². The predicted molar refractivity (Wildman–Crippen MR) is 68.7 cm³/mol. The molecule has 1 aliphatic carbocycles. The number of aromatic hydroxyl groups is 1. The lowest BCUT2D eigenvalue weighted by molar-refractivity contribution is 0.357. The van der Waals surface area contributed by atoms with Crippen molar-refractivity contribution in [1.82, 2.24) is 0 Å². The summed E-state index contributed by atoms with van der Waals surface area (Å²) in [5.41, 5.74) is 7.17. The molecule has 1 unspecified atom stereocenters. The topological polar surface area (TPSA) is 55.5 Å². The van der Waals surface area contributed by atoms with E-state index in [4.69, 9.17) is 10.5 Å².